The van der Waals surface area contributed by atoms with Gasteiger partial charge >= 0.3 is 6.03 Å². The maximum absolute atomic E-state index is 12.4. The summed E-state index contributed by atoms with van der Waals surface area (Å²) < 4.78 is 17.1. The molecule has 134 valence electrons. The van der Waals surface area contributed by atoms with E-state index in [4.69, 9.17) is 14.2 Å². The summed E-state index contributed by atoms with van der Waals surface area (Å²) in [5, 5.41) is 2.96. The van der Waals surface area contributed by atoms with Gasteiger partial charge < -0.3 is 24.4 Å². The van der Waals surface area contributed by atoms with E-state index in [-0.39, 0.29) is 12.1 Å². The third kappa shape index (κ3) is 4.77. The van der Waals surface area contributed by atoms with Crippen LogP contribution in [0.2, 0.25) is 0 Å². The Morgan fingerprint density at radius 3 is 2.67 bits per heavy atom. The van der Waals surface area contributed by atoms with Gasteiger partial charge in [0.1, 0.15) is 0 Å². The number of amides is 2. The molecular weight excluding hydrogens is 376 g/mol. The molecule has 1 heterocycles. The molecule has 1 aromatic carbocycles. The fourth-order valence-electron chi connectivity index (χ4n) is 2.70. The molecule has 2 amide bonds. The number of benzene rings is 1. The summed E-state index contributed by atoms with van der Waals surface area (Å²) in [5.74, 6) is 1.28. The second-order valence-electron chi connectivity index (χ2n) is 5.63. The topological polar surface area (TPSA) is 60.0 Å². The first-order valence-electron chi connectivity index (χ1n) is 8.13. The molecule has 0 saturated carbocycles. The van der Waals surface area contributed by atoms with Gasteiger partial charge in [-0.2, -0.15) is 0 Å². The molecule has 1 aliphatic heterocycles. The molecule has 2 rings (SSSR count). The van der Waals surface area contributed by atoms with Crippen molar-refractivity contribution in [2.75, 3.05) is 33.9 Å². The molecule has 1 unspecified atom stereocenters. The molecule has 1 saturated heterocycles. The summed E-state index contributed by atoms with van der Waals surface area (Å²) in [4.78, 5) is 14.2. The van der Waals surface area contributed by atoms with Crippen LogP contribution in [0.4, 0.5) is 4.79 Å². The maximum atomic E-state index is 12.4. The van der Waals surface area contributed by atoms with Gasteiger partial charge in [0, 0.05) is 30.7 Å². The molecule has 0 radical (unpaired) electrons. The molecule has 1 N–H and O–H groups in total. The third-order valence-electron chi connectivity index (χ3n) is 4.10. The highest BCUT2D eigenvalue weighted by molar-refractivity contribution is 9.10. The van der Waals surface area contributed by atoms with Crippen molar-refractivity contribution < 1.29 is 19.0 Å². The Kier molecular flexibility index (Phi) is 7.17. The van der Waals surface area contributed by atoms with Crippen LogP contribution in [-0.2, 0) is 11.3 Å². The Hall–Kier alpha value is -1.47. The molecule has 0 aromatic heterocycles. The number of ether oxygens (including phenoxy) is 3. The highest BCUT2D eigenvalue weighted by Gasteiger charge is 2.21. The number of carbonyl (C=O) groups is 1. The molecule has 1 atom stereocenters. The zero-order valence-corrected chi connectivity index (χ0v) is 16.0. The summed E-state index contributed by atoms with van der Waals surface area (Å²) in [6, 6.07) is 3.61. The first-order chi connectivity index (χ1) is 11.6. The van der Waals surface area contributed by atoms with E-state index >= 15 is 0 Å². The molecule has 0 aliphatic carbocycles. The standard InChI is InChI=1S/C17H25BrN2O4/c1-4-20(11-13-6-5-7-24-13)17(21)19-10-12-8-15(22-2)16(23-3)9-14(12)18/h8-9,13H,4-7,10-11H2,1-3H3,(H,19,21). The summed E-state index contributed by atoms with van der Waals surface area (Å²) in [6.45, 7) is 4.46. The maximum Gasteiger partial charge on any atom is 0.317 e. The molecule has 0 spiro atoms. The molecule has 6 nitrogen and oxygen atoms in total. The Bertz CT molecular complexity index is 562. The number of methoxy groups -OCH3 is 2. The van der Waals surface area contributed by atoms with Crippen molar-refractivity contribution in [3.63, 3.8) is 0 Å². The third-order valence-corrected chi connectivity index (χ3v) is 4.84. The number of hydrogen-bond donors (Lipinski definition) is 1. The minimum absolute atomic E-state index is 0.0883. The summed E-state index contributed by atoms with van der Waals surface area (Å²) in [7, 11) is 3.19. The van der Waals surface area contributed by atoms with E-state index in [9.17, 15) is 4.79 Å². The quantitative estimate of drug-likeness (QED) is 0.763. The van der Waals surface area contributed by atoms with Crippen molar-refractivity contribution in [3.05, 3.63) is 22.2 Å². The molecule has 1 aromatic rings. The Labute approximate surface area is 151 Å². The summed E-state index contributed by atoms with van der Waals surface area (Å²) in [6.07, 6.45) is 2.25. The van der Waals surface area contributed by atoms with E-state index in [1.807, 2.05) is 19.1 Å². The van der Waals surface area contributed by atoms with Gasteiger partial charge in [0.25, 0.3) is 0 Å². The van der Waals surface area contributed by atoms with Gasteiger partial charge in [-0.25, -0.2) is 4.79 Å². The van der Waals surface area contributed by atoms with Crippen molar-refractivity contribution in [3.8, 4) is 11.5 Å². The lowest BCUT2D eigenvalue weighted by Gasteiger charge is -2.24. The monoisotopic (exact) mass is 400 g/mol. The average molecular weight is 401 g/mol. The predicted molar refractivity (Wildman–Crippen MR) is 95.7 cm³/mol. The van der Waals surface area contributed by atoms with Crippen LogP contribution < -0.4 is 14.8 Å². The Morgan fingerprint density at radius 1 is 1.38 bits per heavy atom. The van der Waals surface area contributed by atoms with E-state index in [1.54, 1.807) is 19.1 Å². The predicted octanol–water partition coefficient (Wildman–Crippen LogP) is 3.18. The van der Waals surface area contributed by atoms with Gasteiger partial charge in [0.2, 0.25) is 0 Å². The Balaban J connectivity index is 1.96. The van der Waals surface area contributed by atoms with Crippen molar-refractivity contribution in [2.45, 2.75) is 32.4 Å². The number of nitrogens with zero attached hydrogens (tertiary/aromatic N) is 1. The number of nitrogens with one attached hydrogen (secondary N) is 1. The van der Waals surface area contributed by atoms with Crippen molar-refractivity contribution in [1.82, 2.24) is 10.2 Å². The van der Waals surface area contributed by atoms with Crippen LogP contribution in [-0.4, -0.2) is 51.0 Å². The minimum Gasteiger partial charge on any atom is -0.493 e. The van der Waals surface area contributed by atoms with Gasteiger partial charge in [-0.15, -0.1) is 0 Å². The molecule has 0 bridgehead atoms. The molecule has 1 aliphatic rings. The number of halogens is 1. The fourth-order valence-corrected chi connectivity index (χ4v) is 3.17. The lowest BCUT2D eigenvalue weighted by atomic mass is 10.2. The minimum atomic E-state index is -0.0883. The summed E-state index contributed by atoms with van der Waals surface area (Å²) in [5.41, 5.74) is 0.925. The first-order valence-corrected chi connectivity index (χ1v) is 8.93. The lowest BCUT2D eigenvalue weighted by Crippen LogP contribution is -2.43. The van der Waals surface area contributed by atoms with Gasteiger partial charge in [0.15, 0.2) is 11.5 Å². The van der Waals surface area contributed by atoms with Crippen LogP contribution >= 0.6 is 15.9 Å². The van der Waals surface area contributed by atoms with E-state index in [0.717, 1.165) is 29.5 Å². The van der Waals surface area contributed by atoms with Crippen molar-refractivity contribution in [1.29, 1.82) is 0 Å². The SMILES string of the molecule is CCN(CC1CCCO1)C(=O)NCc1cc(OC)c(OC)cc1Br. The second kappa shape index (κ2) is 9.13. The zero-order chi connectivity index (χ0) is 17.5. The highest BCUT2D eigenvalue weighted by Crippen LogP contribution is 2.33. The zero-order valence-electron chi connectivity index (χ0n) is 14.4. The van der Waals surface area contributed by atoms with E-state index < -0.39 is 0 Å². The van der Waals surface area contributed by atoms with Gasteiger partial charge in [0.05, 0.1) is 20.3 Å². The van der Waals surface area contributed by atoms with Crippen LogP contribution in [0.5, 0.6) is 11.5 Å². The number of likely N-dealkylation sites (N-methyl/N-ethyl adjacent to an activating group) is 1. The molecule has 1 fully saturated rings. The second-order valence-corrected chi connectivity index (χ2v) is 6.49. The molecule has 7 heteroatoms. The number of carbonyl (C=O) groups excluding carboxylic acids is 1. The summed E-state index contributed by atoms with van der Waals surface area (Å²) >= 11 is 3.51. The molecular formula is C17H25BrN2O4. The largest absolute Gasteiger partial charge is 0.493 e. The van der Waals surface area contributed by atoms with Crippen molar-refractivity contribution >= 4 is 22.0 Å². The van der Waals surface area contributed by atoms with Gasteiger partial charge in [-0.1, -0.05) is 15.9 Å². The van der Waals surface area contributed by atoms with Crippen LogP contribution in [0, 0.1) is 0 Å². The highest BCUT2D eigenvalue weighted by atomic mass is 79.9. The van der Waals surface area contributed by atoms with Gasteiger partial charge in [-0.05, 0) is 37.5 Å². The lowest BCUT2D eigenvalue weighted by molar-refractivity contribution is 0.0826. The van der Waals surface area contributed by atoms with Crippen LogP contribution in [0.25, 0.3) is 0 Å². The van der Waals surface area contributed by atoms with Crippen LogP contribution in [0.3, 0.4) is 0 Å². The van der Waals surface area contributed by atoms with E-state index in [2.05, 4.69) is 21.2 Å². The average Bonchev–Trinajstić information content (AvgIpc) is 3.11. The smallest absolute Gasteiger partial charge is 0.317 e. The van der Waals surface area contributed by atoms with Crippen LogP contribution in [0.15, 0.2) is 16.6 Å². The van der Waals surface area contributed by atoms with E-state index in [0.29, 0.717) is 31.1 Å². The van der Waals surface area contributed by atoms with Gasteiger partial charge in [-0.3, -0.25) is 0 Å². The Morgan fingerprint density at radius 2 is 2.08 bits per heavy atom. The van der Waals surface area contributed by atoms with Crippen molar-refractivity contribution in [2.24, 2.45) is 0 Å². The number of hydrogen-bond acceptors (Lipinski definition) is 4. The number of rotatable bonds is 7. The fraction of sp³-hybridized carbons (Fsp3) is 0.588. The first kappa shape index (κ1) is 18.9. The normalized spacial score (nSPS) is 16.8. The van der Waals surface area contributed by atoms with E-state index in [1.165, 1.54) is 0 Å². The number of urea groups is 1. The molecule has 24 heavy (non-hydrogen) atoms. The van der Waals surface area contributed by atoms with Crippen LogP contribution in [0.1, 0.15) is 25.3 Å².